The van der Waals surface area contributed by atoms with Gasteiger partial charge in [0, 0.05) is 24.2 Å². The van der Waals surface area contributed by atoms with E-state index in [1.165, 1.54) is 0 Å². The van der Waals surface area contributed by atoms with Gasteiger partial charge in [0.1, 0.15) is 11.4 Å². The van der Waals surface area contributed by atoms with Crippen molar-refractivity contribution < 1.29 is 14.6 Å². The number of rotatable bonds is 7. The van der Waals surface area contributed by atoms with Crippen LogP contribution in [-0.2, 0) is 27.8 Å². The highest BCUT2D eigenvalue weighted by Crippen LogP contribution is 2.48. The first-order chi connectivity index (χ1) is 18.3. The Hall–Kier alpha value is -3.73. The summed E-state index contributed by atoms with van der Waals surface area (Å²) in [5.41, 5.74) is 3.22. The third-order valence-electron chi connectivity index (χ3n) is 8.76. The Labute approximate surface area is 222 Å². The van der Waals surface area contributed by atoms with Gasteiger partial charge in [-0.3, -0.25) is 0 Å². The van der Waals surface area contributed by atoms with E-state index >= 15 is 0 Å². The van der Waals surface area contributed by atoms with Crippen LogP contribution in [0.1, 0.15) is 79.7 Å². The van der Waals surface area contributed by atoms with Crippen LogP contribution in [0.25, 0.3) is 5.78 Å². The zero-order chi connectivity index (χ0) is 26.5. The zero-order valence-electron chi connectivity index (χ0n) is 22.0. The summed E-state index contributed by atoms with van der Waals surface area (Å²) in [7, 11) is 0. The Morgan fingerprint density at radius 1 is 1.16 bits per heavy atom. The molecule has 8 nitrogen and oxygen atoms in total. The highest BCUT2D eigenvalue weighted by molar-refractivity contribution is 5.90. The molecule has 1 N–H and O–H groups in total. The highest BCUT2D eigenvalue weighted by atomic mass is 16.6. The molecular formula is C30H33N5O3. The van der Waals surface area contributed by atoms with Crippen molar-refractivity contribution in [1.29, 1.82) is 5.26 Å². The molecule has 1 unspecified atom stereocenters. The van der Waals surface area contributed by atoms with Gasteiger partial charge in [-0.05, 0) is 75.5 Å². The average molecular weight is 512 g/mol. The van der Waals surface area contributed by atoms with Gasteiger partial charge >= 0.3 is 5.97 Å². The normalized spacial score (nSPS) is 23.0. The summed E-state index contributed by atoms with van der Waals surface area (Å²) < 4.78 is 7.94. The molecule has 3 aliphatic rings. The summed E-state index contributed by atoms with van der Waals surface area (Å²) in [5, 5.41) is 25.2. The van der Waals surface area contributed by atoms with Crippen molar-refractivity contribution in [3.8, 4) is 6.07 Å². The topological polar surface area (TPSA) is 113 Å². The molecule has 0 spiro atoms. The molecule has 2 aliphatic carbocycles. The number of hydrogen-bond acceptors (Lipinski definition) is 7. The number of aliphatic hydroxyl groups is 1. The monoisotopic (exact) mass is 511 g/mol. The number of ether oxygens (including phenoxy) is 1. The van der Waals surface area contributed by atoms with Crippen LogP contribution in [0.2, 0.25) is 0 Å². The molecule has 1 aromatic carbocycles. The first-order valence-corrected chi connectivity index (χ1v) is 13.7. The molecule has 3 heterocycles. The van der Waals surface area contributed by atoms with E-state index in [-0.39, 0.29) is 29.1 Å². The van der Waals surface area contributed by atoms with E-state index in [2.05, 4.69) is 45.4 Å². The fraction of sp³-hybridized carbons (Fsp3) is 0.500. The second kappa shape index (κ2) is 9.23. The molecule has 1 aliphatic heterocycles. The molecule has 0 saturated heterocycles. The Kier molecular flexibility index (Phi) is 5.97. The maximum absolute atomic E-state index is 13.4. The number of fused-ring (bicyclic) bond motifs is 1. The number of carbonyl (C=O) groups excluding carboxylic acids is 1. The van der Waals surface area contributed by atoms with Crippen molar-refractivity contribution in [1.82, 2.24) is 19.6 Å². The van der Waals surface area contributed by atoms with Crippen LogP contribution in [0.5, 0.6) is 0 Å². The van der Waals surface area contributed by atoms with Crippen molar-refractivity contribution in [2.75, 3.05) is 0 Å². The van der Waals surface area contributed by atoms with Crippen molar-refractivity contribution in [2.45, 2.75) is 89.1 Å². The van der Waals surface area contributed by atoms with Crippen molar-refractivity contribution in [3.63, 3.8) is 0 Å². The summed E-state index contributed by atoms with van der Waals surface area (Å²) in [6.07, 6.45) is 7.90. The summed E-state index contributed by atoms with van der Waals surface area (Å²) >= 11 is 0. The number of nitrogens with zero attached hydrogens (tertiary/aromatic N) is 5. The van der Waals surface area contributed by atoms with E-state index in [0.29, 0.717) is 24.4 Å². The van der Waals surface area contributed by atoms with Crippen LogP contribution < -0.4 is 0 Å². The molecule has 2 fully saturated rings. The molecule has 0 amide bonds. The molecule has 0 radical (unpaired) electrons. The van der Waals surface area contributed by atoms with Gasteiger partial charge in [-0.25, -0.2) is 14.3 Å². The summed E-state index contributed by atoms with van der Waals surface area (Å²) in [5.74, 6) is 0.763. The van der Waals surface area contributed by atoms with E-state index < -0.39 is 11.6 Å². The number of esters is 1. The van der Waals surface area contributed by atoms with Gasteiger partial charge in [-0.1, -0.05) is 37.1 Å². The zero-order valence-corrected chi connectivity index (χ0v) is 22.0. The van der Waals surface area contributed by atoms with Crippen LogP contribution in [0, 0.1) is 31.1 Å². The Morgan fingerprint density at radius 3 is 2.55 bits per heavy atom. The molecule has 3 aromatic rings. The number of cyclic esters (lactones) is 1. The van der Waals surface area contributed by atoms with Gasteiger partial charge in [0.25, 0.3) is 5.78 Å². The second-order valence-electron chi connectivity index (χ2n) is 11.4. The summed E-state index contributed by atoms with van der Waals surface area (Å²) in [6, 6.07) is 12.7. The smallest absolute Gasteiger partial charge is 0.338 e. The fourth-order valence-electron chi connectivity index (χ4n) is 6.36. The number of carbonyl (C=O) groups is 1. The van der Waals surface area contributed by atoms with E-state index in [0.717, 1.165) is 67.5 Å². The van der Waals surface area contributed by atoms with Crippen LogP contribution >= 0.6 is 0 Å². The SMILES string of the molecule is Cc1cc(C)n2nc(CC3=C(O)CC(CCc4ccc(C5(C#N)CC5)cc4)(C4CCCC4)OC3=O)nc2n1. The van der Waals surface area contributed by atoms with E-state index in [1.54, 1.807) is 4.52 Å². The highest BCUT2D eigenvalue weighted by Gasteiger charge is 2.48. The molecular weight excluding hydrogens is 478 g/mol. The number of benzene rings is 1. The first kappa shape index (κ1) is 24.6. The molecule has 38 heavy (non-hydrogen) atoms. The lowest BCUT2D eigenvalue weighted by Gasteiger charge is -2.41. The minimum atomic E-state index is -0.716. The minimum Gasteiger partial charge on any atom is -0.512 e. The molecule has 2 saturated carbocycles. The molecule has 0 bridgehead atoms. The fourth-order valence-corrected chi connectivity index (χ4v) is 6.36. The summed E-state index contributed by atoms with van der Waals surface area (Å²) in [6.45, 7) is 3.84. The summed E-state index contributed by atoms with van der Waals surface area (Å²) in [4.78, 5) is 22.3. The molecule has 1 atom stereocenters. The molecule has 2 aromatic heterocycles. The molecule has 196 valence electrons. The number of hydrogen-bond donors (Lipinski definition) is 1. The van der Waals surface area contributed by atoms with Gasteiger partial charge in [-0.15, -0.1) is 5.10 Å². The third-order valence-corrected chi connectivity index (χ3v) is 8.76. The maximum Gasteiger partial charge on any atom is 0.338 e. The van der Waals surface area contributed by atoms with Gasteiger partial charge < -0.3 is 9.84 Å². The van der Waals surface area contributed by atoms with Crippen LogP contribution in [0.15, 0.2) is 41.7 Å². The van der Waals surface area contributed by atoms with Crippen molar-refractivity contribution in [3.05, 3.63) is 70.0 Å². The van der Waals surface area contributed by atoms with E-state index in [9.17, 15) is 15.2 Å². The van der Waals surface area contributed by atoms with Gasteiger partial charge in [0.05, 0.1) is 17.1 Å². The Balaban J connectivity index is 1.23. The number of aromatic nitrogens is 4. The minimum absolute atomic E-state index is 0.0907. The lowest BCUT2D eigenvalue weighted by molar-refractivity contribution is -0.167. The lowest BCUT2D eigenvalue weighted by Crippen LogP contribution is -2.46. The average Bonchev–Trinajstić information content (AvgIpc) is 3.28. The van der Waals surface area contributed by atoms with Crippen molar-refractivity contribution >= 4 is 11.7 Å². The first-order valence-electron chi connectivity index (χ1n) is 13.7. The molecule has 6 rings (SSSR count). The van der Waals surface area contributed by atoms with Crippen LogP contribution in [0.3, 0.4) is 0 Å². The Morgan fingerprint density at radius 2 is 1.89 bits per heavy atom. The van der Waals surface area contributed by atoms with Crippen LogP contribution in [0.4, 0.5) is 0 Å². The third kappa shape index (κ3) is 4.34. The number of aryl methyl sites for hydroxylation is 3. The quantitative estimate of drug-likeness (QED) is 0.436. The standard InChI is InChI=1S/C30H33N5O3/c1-19-15-20(2)35-28(32-19)33-26(34-35)16-24-25(36)17-30(38-27(24)37,23-5-3-4-6-23)12-11-21-7-9-22(10-8-21)29(18-31)13-14-29/h7-10,15,23,36H,3-6,11-14,16-17H2,1-2H3. The van der Waals surface area contributed by atoms with E-state index in [1.807, 2.05) is 19.9 Å². The second-order valence-corrected chi connectivity index (χ2v) is 11.4. The molecule has 8 heteroatoms. The lowest BCUT2D eigenvalue weighted by atomic mass is 9.76. The number of nitriles is 1. The number of aliphatic hydroxyl groups excluding tert-OH is 1. The van der Waals surface area contributed by atoms with Gasteiger partial charge in [-0.2, -0.15) is 10.2 Å². The predicted molar refractivity (Wildman–Crippen MR) is 140 cm³/mol. The van der Waals surface area contributed by atoms with Crippen LogP contribution in [-0.4, -0.2) is 36.3 Å². The van der Waals surface area contributed by atoms with Gasteiger partial charge in [0.2, 0.25) is 0 Å². The predicted octanol–water partition coefficient (Wildman–Crippen LogP) is 5.16. The van der Waals surface area contributed by atoms with Gasteiger partial charge in [0.15, 0.2) is 5.82 Å². The van der Waals surface area contributed by atoms with Crippen molar-refractivity contribution in [2.24, 2.45) is 5.92 Å². The maximum atomic E-state index is 13.4. The van der Waals surface area contributed by atoms with E-state index in [4.69, 9.17) is 4.74 Å². The largest absolute Gasteiger partial charge is 0.512 e. The Bertz CT molecular complexity index is 1470.